The van der Waals surface area contributed by atoms with Crippen LogP contribution in [0.5, 0.6) is 11.5 Å². The summed E-state index contributed by atoms with van der Waals surface area (Å²) in [5.74, 6) is 2.32. The third-order valence-electron chi connectivity index (χ3n) is 7.50. The number of hydrogen-bond donors (Lipinski definition) is 1. The third-order valence-corrected chi connectivity index (χ3v) is 9.34. The fraction of sp³-hybridized carbons (Fsp3) is 0.303. The number of nitrogens with one attached hydrogen (secondary N) is 1. The van der Waals surface area contributed by atoms with Gasteiger partial charge in [-0.2, -0.15) is 4.98 Å². The summed E-state index contributed by atoms with van der Waals surface area (Å²) < 4.78 is 15.0. The number of thioether (sulfide) groups is 1. The first-order chi connectivity index (χ1) is 20.6. The molecule has 1 aliphatic rings. The monoisotopic (exact) mass is 680 g/mol. The van der Waals surface area contributed by atoms with Gasteiger partial charge in [0.05, 0.1) is 11.1 Å². The second-order valence-electron chi connectivity index (χ2n) is 10.6. The van der Waals surface area contributed by atoms with Gasteiger partial charge in [0.25, 0.3) is 0 Å². The van der Waals surface area contributed by atoms with Crippen LogP contribution in [0.1, 0.15) is 60.2 Å². The maximum Gasteiger partial charge on any atom is 0.227 e. The normalized spacial score (nSPS) is 14.4. The molecule has 10 heteroatoms. The van der Waals surface area contributed by atoms with Gasteiger partial charge < -0.3 is 14.8 Å². The molecule has 0 aliphatic carbocycles. The van der Waals surface area contributed by atoms with Crippen molar-refractivity contribution in [2.75, 3.05) is 11.9 Å². The fourth-order valence-electron chi connectivity index (χ4n) is 5.19. The molecule has 1 atom stereocenters. The van der Waals surface area contributed by atoms with Gasteiger partial charge in [0, 0.05) is 22.0 Å². The molecule has 0 fully saturated rings. The van der Waals surface area contributed by atoms with E-state index in [0.717, 1.165) is 26.9 Å². The lowest BCUT2D eigenvalue weighted by molar-refractivity contribution is -0.114. The number of hydrogen-bond acceptors (Lipinski definition) is 7. The molecular weight excluding hydrogens is 648 g/mol. The van der Waals surface area contributed by atoms with E-state index in [-0.39, 0.29) is 5.78 Å². The van der Waals surface area contributed by atoms with Crippen LogP contribution >= 0.6 is 39.3 Å². The van der Waals surface area contributed by atoms with Crippen LogP contribution in [0.2, 0.25) is 5.02 Å². The lowest BCUT2D eigenvalue weighted by atomic mass is 9.93. The van der Waals surface area contributed by atoms with Gasteiger partial charge in [0.2, 0.25) is 11.1 Å². The van der Waals surface area contributed by atoms with Gasteiger partial charge in [0.1, 0.15) is 12.6 Å². The number of Topliss-reactive ketones (excluding diaryl/α,β-unsaturated/α-hetero) is 1. The van der Waals surface area contributed by atoms with E-state index in [0.29, 0.717) is 52.2 Å². The Morgan fingerprint density at radius 3 is 2.51 bits per heavy atom. The minimum atomic E-state index is -0.512. The zero-order valence-corrected chi connectivity index (χ0v) is 28.2. The summed E-state index contributed by atoms with van der Waals surface area (Å²) >= 11 is 11.6. The predicted molar refractivity (Wildman–Crippen MR) is 176 cm³/mol. The Morgan fingerprint density at radius 1 is 1.05 bits per heavy atom. The molecular formula is C33H34BrClN4O3S. The Balaban J connectivity index is 1.50. The summed E-state index contributed by atoms with van der Waals surface area (Å²) in [7, 11) is 0. The van der Waals surface area contributed by atoms with E-state index in [2.05, 4.69) is 54.2 Å². The number of ketones is 1. The van der Waals surface area contributed by atoms with E-state index in [9.17, 15) is 4.79 Å². The van der Waals surface area contributed by atoms with Crippen molar-refractivity contribution in [2.45, 2.75) is 65.1 Å². The number of halogens is 2. The van der Waals surface area contributed by atoms with Crippen LogP contribution in [0.25, 0.3) is 0 Å². The fourth-order valence-corrected chi connectivity index (χ4v) is 6.88. The summed E-state index contributed by atoms with van der Waals surface area (Å²) in [6.07, 6.45) is 0. The average Bonchev–Trinajstić information content (AvgIpc) is 3.36. The molecule has 0 spiro atoms. The number of carbonyl (C=O) groups excluding carboxylic acids is 1. The van der Waals surface area contributed by atoms with Gasteiger partial charge in [-0.3, -0.25) is 4.79 Å². The molecule has 0 bridgehead atoms. The zero-order chi connectivity index (χ0) is 30.8. The SMILES string of the molecule is CCOc1cc(C2C(C(C)=O)=C(C)Nc3nc(SCc4ccccc4Cl)nn32)cc(Br)c1OCc1cc(C)c(C)cc1C. The minimum Gasteiger partial charge on any atom is -0.490 e. The molecule has 2 heterocycles. The van der Waals surface area contributed by atoms with Crippen LogP contribution in [-0.2, 0) is 17.2 Å². The summed E-state index contributed by atoms with van der Waals surface area (Å²) in [5, 5.41) is 9.40. The first kappa shape index (κ1) is 31.2. The van der Waals surface area contributed by atoms with Gasteiger partial charge in [-0.05, 0) is 109 Å². The van der Waals surface area contributed by atoms with Crippen molar-refractivity contribution in [1.29, 1.82) is 0 Å². The molecule has 224 valence electrons. The van der Waals surface area contributed by atoms with Crippen molar-refractivity contribution in [2.24, 2.45) is 0 Å². The summed E-state index contributed by atoms with van der Waals surface area (Å²) in [6, 6.07) is 15.5. The van der Waals surface area contributed by atoms with Crippen molar-refractivity contribution >= 4 is 51.0 Å². The topological polar surface area (TPSA) is 78.3 Å². The Labute approximate surface area is 270 Å². The quantitative estimate of drug-likeness (QED) is 0.168. The van der Waals surface area contributed by atoms with E-state index >= 15 is 0 Å². The number of allylic oxidation sites excluding steroid dienone is 2. The highest BCUT2D eigenvalue weighted by Gasteiger charge is 2.34. The first-order valence-corrected chi connectivity index (χ1v) is 16.2. The Morgan fingerprint density at radius 2 is 1.79 bits per heavy atom. The molecule has 0 saturated heterocycles. The molecule has 7 nitrogen and oxygen atoms in total. The number of carbonyl (C=O) groups is 1. The van der Waals surface area contributed by atoms with Crippen LogP contribution in [0, 0.1) is 20.8 Å². The number of benzene rings is 3. The number of aryl methyl sites for hydroxylation is 3. The smallest absolute Gasteiger partial charge is 0.227 e. The van der Waals surface area contributed by atoms with E-state index in [4.69, 9.17) is 31.2 Å². The standard InChI is InChI=1S/C33H34BrClN4O3S/c1-7-41-28-15-24(14-26(34)31(28)42-16-25-13-19(3)18(2)12-20(25)4)30-29(22(6)40)21(5)36-32-37-33(38-39(30)32)43-17-23-10-8-9-11-27(23)35/h8-15,30H,7,16-17H2,1-6H3,(H,36,37,38). The number of anilines is 1. The largest absolute Gasteiger partial charge is 0.490 e. The second-order valence-corrected chi connectivity index (χ2v) is 12.8. The minimum absolute atomic E-state index is 0.0546. The van der Waals surface area contributed by atoms with E-state index < -0.39 is 6.04 Å². The molecule has 5 rings (SSSR count). The highest BCUT2D eigenvalue weighted by atomic mass is 79.9. The van der Waals surface area contributed by atoms with Gasteiger partial charge in [0.15, 0.2) is 17.3 Å². The van der Waals surface area contributed by atoms with Gasteiger partial charge >= 0.3 is 0 Å². The van der Waals surface area contributed by atoms with Gasteiger partial charge in [-0.1, -0.05) is 53.7 Å². The molecule has 0 amide bonds. The molecule has 4 aromatic rings. The number of rotatable bonds is 10. The zero-order valence-electron chi connectivity index (χ0n) is 25.0. The first-order valence-electron chi connectivity index (χ1n) is 14.0. The Bertz CT molecular complexity index is 1740. The lowest BCUT2D eigenvalue weighted by Crippen LogP contribution is -2.28. The number of ether oxygens (including phenoxy) is 2. The van der Waals surface area contributed by atoms with Crippen LogP contribution in [0.3, 0.4) is 0 Å². The number of fused-ring (bicyclic) bond motifs is 1. The Hall–Kier alpha value is -3.27. The average molecular weight is 682 g/mol. The maximum absolute atomic E-state index is 13.0. The summed E-state index contributed by atoms with van der Waals surface area (Å²) in [5.41, 5.74) is 7.94. The number of aromatic nitrogens is 3. The van der Waals surface area contributed by atoms with Crippen LogP contribution in [0.4, 0.5) is 5.95 Å². The molecule has 43 heavy (non-hydrogen) atoms. The summed E-state index contributed by atoms with van der Waals surface area (Å²) in [6.45, 7) is 12.6. The third kappa shape index (κ3) is 6.64. The Kier molecular flexibility index (Phi) is 9.54. The van der Waals surface area contributed by atoms with Crippen molar-refractivity contribution in [3.63, 3.8) is 0 Å². The van der Waals surface area contributed by atoms with Crippen molar-refractivity contribution in [1.82, 2.24) is 14.8 Å². The maximum atomic E-state index is 13.0. The molecule has 0 radical (unpaired) electrons. The van der Waals surface area contributed by atoms with E-state index in [1.54, 1.807) is 11.6 Å². The van der Waals surface area contributed by atoms with Gasteiger partial charge in [-0.25, -0.2) is 4.68 Å². The second kappa shape index (κ2) is 13.2. The highest BCUT2D eigenvalue weighted by Crippen LogP contribution is 2.44. The van der Waals surface area contributed by atoms with Crippen molar-refractivity contribution in [3.8, 4) is 11.5 Å². The van der Waals surface area contributed by atoms with Crippen LogP contribution < -0.4 is 14.8 Å². The van der Waals surface area contributed by atoms with Crippen molar-refractivity contribution < 1.29 is 14.3 Å². The highest BCUT2D eigenvalue weighted by molar-refractivity contribution is 9.10. The number of nitrogens with zero attached hydrogens (tertiary/aromatic N) is 3. The summed E-state index contributed by atoms with van der Waals surface area (Å²) in [4.78, 5) is 17.8. The lowest BCUT2D eigenvalue weighted by Gasteiger charge is -2.29. The van der Waals surface area contributed by atoms with Crippen LogP contribution in [-0.4, -0.2) is 27.2 Å². The molecule has 3 aromatic carbocycles. The molecule has 1 aromatic heterocycles. The molecule has 1 unspecified atom stereocenters. The van der Waals surface area contributed by atoms with Crippen LogP contribution in [0.15, 0.2) is 69.4 Å². The molecule has 0 saturated carbocycles. The molecule has 1 N–H and O–H groups in total. The molecule has 1 aliphatic heterocycles. The van der Waals surface area contributed by atoms with Gasteiger partial charge in [-0.15, -0.1) is 5.10 Å². The van der Waals surface area contributed by atoms with E-state index in [1.165, 1.54) is 28.5 Å². The van der Waals surface area contributed by atoms with Crippen molar-refractivity contribution in [3.05, 3.63) is 103 Å². The predicted octanol–water partition coefficient (Wildman–Crippen LogP) is 8.77. The van der Waals surface area contributed by atoms with E-state index in [1.807, 2.05) is 50.2 Å².